The summed E-state index contributed by atoms with van der Waals surface area (Å²) in [4.78, 5) is 53.3. The smallest absolute Gasteiger partial charge is 0.335 e. The number of nitrogens with zero attached hydrogens (tertiary/aromatic N) is 6. The normalized spacial score (nSPS) is 20.2. The molecule has 2 unspecified atom stereocenters. The average Bonchev–Trinajstić information content (AvgIpc) is 3.58. The van der Waals surface area contributed by atoms with Crippen LogP contribution in [0.15, 0.2) is 66.4 Å². The number of pyridine rings is 1. The van der Waals surface area contributed by atoms with Gasteiger partial charge >= 0.3 is 5.69 Å². The topological polar surface area (TPSA) is 141 Å². The molecule has 1 saturated carbocycles. The Kier molecular flexibility index (Phi) is 5.97. The van der Waals surface area contributed by atoms with Crippen LogP contribution in [0.2, 0.25) is 0 Å². The maximum absolute atomic E-state index is 13.9. The number of nitrogens with two attached hydrogens (primary N) is 1. The van der Waals surface area contributed by atoms with Crippen molar-refractivity contribution in [2.75, 3.05) is 24.1 Å². The van der Waals surface area contributed by atoms with Crippen LogP contribution in [0.3, 0.4) is 0 Å². The summed E-state index contributed by atoms with van der Waals surface area (Å²) in [5.41, 5.74) is 8.87. The maximum Gasteiger partial charge on any atom is 0.335 e. The number of benzene rings is 1. The number of imidazole rings is 1. The number of amides is 2. The molecule has 3 N–H and O–H groups in total. The molecule has 11 heteroatoms. The second-order valence-corrected chi connectivity index (χ2v) is 10.2. The summed E-state index contributed by atoms with van der Waals surface area (Å²) in [6.45, 7) is 6.85. The van der Waals surface area contributed by atoms with Crippen LogP contribution in [-0.4, -0.2) is 53.9 Å². The van der Waals surface area contributed by atoms with Crippen LogP contribution in [0.5, 0.6) is 0 Å². The number of carbonyl (C=O) groups is 2. The summed E-state index contributed by atoms with van der Waals surface area (Å²) < 4.78 is 3.23. The highest BCUT2D eigenvalue weighted by Crippen LogP contribution is 2.44. The minimum atomic E-state index is -0.307. The van der Waals surface area contributed by atoms with Gasteiger partial charge in [0.05, 0.1) is 5.69 Å². The summed E-state index contributed by atoms with van der Waals surface area (Å²) >= 11 is 0. The van der Waals surface area contributed by atoms with Crippen molar-refractivity contribution in [1.82, 2.24) is 29.0 Å². The third-order valence-corrected chi connectivity index (χ3v) is 7.80. The van der Waals surface area contributed by atoms with Gasteiger partial charge < -0.3 is 16.0 Å². The molecule has 0 radical (unpaired) electrons. The molecule has 0 bridgehead atoms. The van der Waals surface area contributed by atoms with Crippen LogP contribution in [0.25, 0.3) is 16.9 Å². The third-order valence-electron chi connectivity index (χ3n) is 7.80. The summed E-state index contributed by atoms with van der Waals surface area (Å²) in [7, 11) is 0. The number of hydrogen-bond acceptors (Lipinski definition) is 7. The molecule has 1 aromatic carbocycles. The van der Waals surface area contributed by atoms with Crippen molar-refractivity contribution in [3.8, 4) is 5.69 Å². The van der Waals surface area contributed by atoms with Gasteiger partial charge in [0.25, 0.3) is 5.91 Å². The first kappa shape index (κ1) is 24.5. The Morgan fingerprint density at radius 2 is 1.79 bits per heavy atom. The molecule has 2 atom stereocenters. The van der Waals surface area contributed by atoms with E-state index in [1.54, 1.807) is 41.1 Å². The summed E-state index contributed by atoms with van der Waals surface area (Å²) in [6, 6.07) is 10.3. The maximum atomic E-state index is 13.9. The molecule has 3 aromatic heterocycles. The van der Waals surface area contributed by atoms with Crippen LogP contribution < -0.4 is 16.7 Å². The lowest BCUT2D eigenvalue weighted by molar-refractivity contribution is -0.125. The van der Waals surface area contributed by atoms with E-state index >= 15 is 0 Å². The molecule has 4 aromatic rings. The summed E-state index contributed by atoms with van der Waals surface area (Å²) in [6.07, 6.45) is 5.88. The second kappa shape index (κ2) is 9.50. The second-order valence-electron chi connectivity index (χ2n) is 10.2. The van der Waals surface area contributed by atoms with Crippen molar-refractivity contribution in [2.45, 2.75) is 25.8 Å². The number of fused-ring (bicyclic) bond motifs is 2. The molecular weight excluding hydrogens is 496 g/mol. The molecular formula is C28H28N8O3. The van der Waals surface area contributed by atoms with E-state index in [9.17, 15) is 14.4 Å². The van der Waals surface area contributed by atoms with E-state index in [2.05, 4.69) is 26.8 Å². The van der Waals surface area contributed by atoms with Crippen LogP contribution in [0.1, 0.15) is 34.8 Å². The van der Waals surface area contributed by atoms with Gasteiger partial charge in [-0.2, -0.15) is 0 Å². The number of likely N-dealkylation sites (tertiary alicyclic amines) is 1. The van der Waals surface area contributed by atoms with E-state index in [-0.39, 0.29) is 29.4 Å². The monoisotopic (exact) mass is 524 g/mol. The van der Waals surface area contributed by atoms with Crippen molar-refractivity contribution in [3.05, 3.63) is 83.2 Å². The van der Waals surface area contributed by atoms with Gasteiger partial charge in [0.2, 0.25) is 5.91 Å². The predicted octanol–water partition coefficient (Wildman–Crippen LogP) is 2.72. The summed E-state index contributed by atoms with van der Waals surface area (Å²) in [5, 5.41) is 2.79. The van der Waals surface area contributed by atoms with E-state index in [0.717, 1.165) is 18.4 Å². The Labute approximate surface area is 224 Å². The van der Waals surface area contributed by atoms with Gasteiger partial charge in [0.1, 0.15) is 17.7 Å². The standard InChI is InChI=1S/C28H28N8O3/c1-3-23(37)34-13-18-11-21(12-19(18)14-34)36-26-24(25(29)31-15-32-26)35(28(36)39)20-6-4-17(5-7-20)27(38)33-22-10-16(2)8-9-30-22/h3-10,15,18-19,21H,1,11-14H2,2H3,(H2,29,31,32)(H,30,33,38). The fraction of sp³-hybridized carbons (Fsp3) is 0.286. The molecule has 39 heavy (non-hydrogen) atoms. The van der Waals surface area contributed by atoms with E-state index in [1.165, 1.54) is 17.0 Å². The van der Waals surface area contributed by atoms with Crippen molar-refractivity contribution in [1.29, 1.82) is 0 Å². The Balaban J connectivity index is 1.31. The Morgan fingerprint density at radius 3 is 2.46 bits per heavy atom. The van der Waals surface area contributed by atoms with Crippen LogP contribution >= 0.6 is 0 Å². The molecule has 4 heterocycles. The molecule has 11 nitrogen and oxygen atoms in total. The molecule has 198 valence electrons. The number of anilines is 2. The molecule has 0 spiro atoms. The highest BCUT2D eigenvalue weighted by Gasteiger charge is 2.43. The summed E-state index contributed by atoms with van der Waals surface area (Å²) in [5.74, 6) is 0.921. The van der Waals surface area contributed by atoms with Gasteiger partial charge in [0, 0.05) is 30.9 Å². The first-order chi connectivity index (χ1) is 18.8. The molecule has 1 aliphatic heterocycles. The minimum absolute atomic E-state index is 0.0532. The lowest BCUT2D eigenvalue weighted by Crippen LogP contribution is -2.30. The third kappa shape index (κ3) is 4.25. The molecule has 2 amide bonds. The quantitative estimate of drug-likeness (QED) is 0.383. The van der Waals surface area contributed by atoms with Gasteiger partial charge in [-0.25, -0.2) is 19.7 Å². The van der Waals surface area contributed by atoms with Gasteiger partial charge in [-0.15, -0.1) is 0 Å². The van der Waals surface area contributed by atoms with Crippen molar-refractivity contribution >= 4 is 34.6 Å². The molecule has 6 rings (SSSR count). The fourth-order valence-corrected chi connectivity index (χ4v) is 5.98. The van der Waals surface area contributed by atoms with Crippen molar-refractivity contribution in [2.24, 2.45) is 11.8 Å². The first-order valence-electron chi connectivity index (χ1n) is 12.8. The molecule has 1 saturated heterocycles. The van der Waals surface area contributed by atoms with E-state index in [4.69, 9.17) is 5.73 Å². The Hall–Kier alpha value is -4.80. The van der Waals surface area contributed by atoms with E-state index < -0.39 is 0 Å². The molecule has 2 aliphatic rings. The zero-order valence-corrected chi connectivity index (χ0v) is 21.4. The number of aryl methyl sites for hydroxylation is 1. The Bertz CT molecular complexity index is 1660. The number of nitrogens with one attached hydrogen (secondary N) is 1. The zero-order valence-electron chi connectivity index (χ0n) is 21.4. The Morgan fingerprint density at radius 1 is 1.08 bits per heavy atom. The highest BCUT2D eigenvalue weighted by atomic mass is 16.2. The SMILES string of the molecule is C=CC(=O)N1CC2CC(n3c(=O)n(-c4ccc(C(=O)Nc5cc(C)ccn5)cc4)c4c(N)ncnc43)CC2C1. The largest absolute Gasteiger partial charge is 0.382 e. The van der Waals surface area contributed by atoms with Gasteiger partial charge in [-0.05, 0) is 79.6 Å². The van der Waals surface area contributed by atoms with E-state index in [0.29, 0.717) is 53.2 Å². The average molecular weight is 525 g/mol. The number of rotatable bonds is 5. The zero-order chi connectivity index (χ0) is 27.3. The van der Waals surface area contributed by atoms with Gasteiger partial charge in [-0.1, -0.05) is 6.58 Å². The number of carbonyl (C=O) groups excluding carboxylic acids is 2. The first-order valence-corrected chi connectivity index (χ1v) is 12.8. The van der Waals surface area contributed by atoms with Gasteiger partial charge in [0.15, 0.2) is 11.5 Å². The van der Waals surface area contributed by atoms with Crippen LogP contribution in [-0.2, 0) is 4.79 Å². The molecule has 2 fully saturated rings. The molecule has 1 aliphatic carbocycles. The van der Waals surface area contributed by atoms with Crippen LogP contribution in [0.4, 0.5) is 11.6 Å². The number of aromatic nitrogens is 5. The van der Waals surface area contributed by atoms with Gasteiger partial charge in [-0.3, -0.25) is 18.7 Å². The fourth-order valence-electron chi connectivity index (χ4n) is 5.98. The lowest BCUT2D eigenvalue weighted by atomic mass is 10.0. The lowest BCUT2D eigenvalue weighted by Gasteiger charge is -2.18. The highest BCUT2D eigenvalue weighted by molar-refractivity contribution is 6.03. The van der Waals surface area contributed by atoms with E-state index in [1.807, 2.05) is 17.9 Å². The van der Waals surface area contributed by atoms with Crippen molar-refractivity contribution in [3.63, 3.8) is 0 Å². The number of nitrogen functional groups attached to an aromatic ring is 1. The number of hydrogen-bond donors (Lipinski definition) is 2. The minimum Gasteiger partial charge on any atom is -0.382 e. The van der Waals surface area contributed by atoms with Crippen LogP contribution in [0, 0.1) is 18.8 Å². The predicted molar refractivity (Wildman–Crippen MR) is 146 cm³/mol. The van der Waals surface area contributed by atoms with Crippen molar-refractivity contribution < 1.29 is 9.59 Å².